The third-order valence-corrected chi connectivity index (χ3v) is 7.15. The van der Waals surface area contributed by atoms with Gasteiger partial charge in [0.1, 0.15) is 0 Å². The predicted octanol–water partition coefficient (Wildman–Crippen LogP) is 3.50. The highest BCUT2D eigenvalue weighted by Gasteiger charge is 2.47. The quantitative estimate of drug-likeness (QED) is 0.536. The highest BCUT2D eigenvalue weighted by Crippen LogP contribution is 2.49. The van der Waals surface area contributed by atoms with E-state index in [1.54, 1.807) is 18.2 Å². The van der Waals surface area contributed by atoms with Crippen molar-refractivity contribution in [2.45, 2.75) is 56.4 Å². The number of unbranched alkanes of at least 4 members (excludes halogenated alkanes) is 1. The molecule has 1 aromatic carbocycles. The number of fused-ring (bicyclic) bond motifs is 2. The zero-order chi connectivity index (χ0) is 18.7. The van der Waals surface area contributed by atoms with Crippen LogP contribution in [0.1, 0.15) is 44.1 Å². The lowest BCUT2D eigenvalue weighted by molar-refractivity contribution is -0.137. The van der Waals surface area contributed by atoms with Crippen molar-refractivity contribution in [2.24, 2.45) is 17.8 Å². The fraction of sp³-hybridized carbons (Fsp3) is 0.550. The normalized spacial score (nSPS) is 28.0. The Morgan fingerprint density at radius 3 is 2.81 bits per heavy atom. The van der Waals surface area contributed by atoms with Gasteiger partial charge in [-0.05, 0) is 74.5 Å². The zero-order valence-corrected chi connectivity index (χ0v) is 15.9. The maximum absolute atomic E-state index is 12.8. The first-order chi connectivity index (χ1) is 12.4. The van der Waals surface area contributed by atoms with Crippen molar-refractivity contribution in [3.8, 4) is 0 Å². The first-order valence-corrected chi connectivity index (χ1v) is 10.8. The minimum absolute atomic E-state index is 0.0602. The maximum Gasteiger partial charge on any atom is 0.303 e. The van der Waals surface area contributed by atoms with Crippen LogP contribution in [0.3, 0.4) is 0 Å². The number of carbonyl (C=O) groups is 1. The summed E-state index contributed by atoms with van der Waals surface area (Å²) in [5.74, 6) is 0.356. The summed E-state index contributed by atoms with van der Waals surface area (Å²) < 4.78 is 28.6. The van der Waals surface area contributed by atoms with Crippen molar-refractivity contribution >= 4 is 16.0 Å². The molecule has 0 aromatic heterocycles. The molecule has 0 amide bonds. The molecular weight excluding hydrogens is 350 g/mol. The van der Waals surface area contributed by atoms with Crippen molar-refractivity contribution in [3.05, 3.63) is 42.0 Å². The van der Waals surface area contributed by atoms with Gasteiger partial charge in [0.05, 0.1) is 4.90 Å². The summed E-state index contributed by atoms with van der Waals surface area (Å²) in [6.45, 7) is 1.89. The van der Waals surface area contributed by atoms with Crippen LogP contribution in [0.2, 0.25) is 0 Å². The molecule has 2 aliphatic carbocycles. The van der Waals surface area contributed by atoms with Gasteiger partial charge in [-0.1, -0.05) is 24.3 Å². The minimum atomic E-state index is -3.53. The van der Waals surface area contributed by atoms with E-state index < -0.39 is 16.0 Å². The van der Waals surface area contributed by atoms with Gasteiger partial charge in [-0.2, -0.15) is 0 Å². The molecule has 2 bridgehead atoms. The van der Waals surface area contributed by atoms with E-state index in [-0.39, 0.29) is 18.4 Å². The Labute approximate surface area is 155 Å². The molecule has 2 aliphatic rings. The van der Waals surface area contributed by atoms with Gasteiger partial charge in [0.15, 0.2) is 0 Å². The van der Waals surface area contributed by atoms with Crippen LogP contribution in [0.4, 0.5) is 0 Å². The Kier molecular flexibility index (Phi) is 5.82. The third-order valence-electron chi connectivity index (χ3n) is 5.69. The average Bonchev–Trinajstić information content (AvgIpc) is 3.16. The van der Waals surface area contributed by atoms with Gasteiger partial charge in [0, 0.05) is 12.5 Å². The number of aliphatic carboxylic acids is 1. The molecule has 3 rings (SSSR count). The summed E-state index contributed by atoms with van der Waals surface area (Å²) in [5.41, 5.74) is 0.927. The molecule has 0 radical (unpaired) electrons. The number of hydrogen-bond donors (Lipinski definition) is 2. The SMILES string of the molecule is Cc1cccc(S(=O)(=O)NC2C3CCC(C3)C2/C=C\CCCC(=O)O)c1. The highest BCUT2D eigenvalue weighted by atomic mass is 32.2. The van der Waals surface area contributed by atoms with Crippen molar-refractivity contribution in [2.75, 3.05) is 0 Å². The first-order valence-electron chi connectivity index (χ1n) is 9.34. The highest BCUT2D eigenvalue weighted by molar-refractivity contribution is 7.89. The third kappa shape index (κ3) is 4.35. The van der Waals surface area contributed by atoms with Crippen LogP contribution in [-0.4, -0.2) is 25.5 Å². The average molecular weight is 378 g/mol. The van der Waals surface area contributed by atoms with Gasteiger partial charge in [-0.3, -0.25) is 4.79 Å². The number of benzene rings is 1. The molecule has 26 heavy (non-hydrogen) atoms. The van der Waals surface area contributed by atoms with Crippen molar-refractivity contribution < 1.29 is 18.3 Å². The van der Waals surface area contributed by atoms with Gasteiger partial charge in [0.2, 0.25) is 10.0 Å². The van der Waals surface area contributed by atoms with Crippen molar-refractivity contribution in [1.29, 1.82) is 0 Å². The molecule has 2 N–H and O–H groups in total. The summed E-state index contributed by atoms with van der Waals surface area (Å²) in [6.07, 6.45) is 8.96. The summed E-state index contributed by atoms with van der Waals surface area (Å²) in [4.78, 5) is 10.9. The minimum Gasteiger partial charge on any atom is -0.481 e. The lowest BCUT2D eigenvalue weighted by Gasteiger charge is -2.29. The molecule has 5 nitrogen and oxygen atoms in total. The first kappa shape index (κ1) is 19.1. The van der Waals surface area contributed by atoms with E-state index in [0.717, 1.165) is 31.2 Å². The van der Waals surface area contributed by atoms with E-state index in [1.807, 2.05) is 19.1 Å². The largest absolute Gasteiger partial charge is 0.481 e. The summed E-state index contributed by atoms with van der Waals surface area (Å²) in [5, 5.41) is 8.71. The lowest BCUT2D eigenvalue weighted by Crippen LogP contribution is -2.43. The smallest absolute Gasteiger partial charge is 0.303 e. The molecule has 142 valence electrons. The molecule has 1 aromatic rings. The molecule has 0 saturated heterocycles. The maximum atomic E-state index is 12.8. The van der Waals surface area contributed by atoms with Gasteiger partial charge in [-0.15, -0.1) is 0 Å². The fourth-order valence-corrected chi connectivity index (χ4v) is 5.88. The Morgan fingerprint density at radius 2 is 2.08 bits per heavy atom. The van der Waals surface area contributed by atoms with Crippen LogP contribution in [-0.2, 0) is 14.8 Å². The van der Waals surface area contributed by atoms with E-state index in [4.69, 9.17) is 5.11 Å². The Bertz CT molecular complexity index is 787. The molecule has 4 unspecified atom stereocenters. The van der Waals surface area contributed by atoms with Crippen LogP contribution in [0.25, 0.3) is 0 Å². The summed E-state index contributed by atoms with van der Waals surface area (Å²) in [7, 11) is -3.53. The number of aryl methyl sites for hydroxylation is 1. The Balaban J connectivity index is 1.69. The molecule has 0 spiro atoms. The van der Waals surface area contributed by atoms with Gasteiger partial charge >= 0.3 is 5.97 Å². The van der Waals surface area contributed by atoms with E-state index in [1.165, 1.54) is 0 Å². The van der Waals surface area contributed by atoms with Crippen LogP contribution in [0.5, 0.6) is 0 Å². The number of nitrogens with one attached hydrogen (secondary N) is 1. The van der Waals surface area contributed by atoms with Crippen LogP contribution in [0.15, 0.2) is 41.3 Å². The van der Waals surface area contributed by atoms with Crippen molar-refractivity contribution in [1.82, 2.24) is 4.72 Å². The summed E-state index contributed by atoms with van der Waals surface area (Å²) >= 11 is 0. The number of sulfonamides is 1. The zero-order valence-electron chi connectivity index (χ0n) is 15.1. The molecule has 2 fully saturated rings. The molecule has 0 heterocycles. The second kappa shape index (κ2) is 7.92. The molecule has 4 atom stereocenters. The Morgan fingerprint density at radius 1 is 1.31 bits per heavy atom. The number of allylic oxidation sites excluding steroid dienone is 1. The molecule has 6 heteroatoms. The fourth-order valence-electron chi connectivity index (χ4n) is 4.44. The Hall–Kier alpha value is -1.66. The second-order valence-electron chi connectivity index (χ2n) is 7.59. The topological polar surface area (TPSA) is 83.5 Å². The van der Waals surface area contributed by atoms with Crippen molar-refractivity contribution in [3.63, 3.8) is 0 Å². The number of carboxylic acids is 1. The van der Waals surface area contributed by atoms with Crippen LogP contribution >= 0.6 is 0 Å². The molecular formula is C20H27NO4S. The number of carboxylic acid groups (broad SMARTS) is 1. The van der Waals surface area contributed by atoms with Crippen LogP contribution < -0.4 is 4.72 Å². The molecule has 2 saturated carbocycles. The van der Waals surface area contributed by atoms with E-state index >= 15 is 0 Å². The number of rotatable bonds is 8. The lowest BCUT2D eigenvalue weighted by atomic mass is 9.84. The van der Waals surface area contributed by atoms with E-state index in [9.17, 15) is 13.2 Å². The standard InChI is InChI=1S/C20H27NO4S/c1-14-6-5-7-17(12-14)26(24,25)21-20-16-11-10-15(13-16)18(20)8-3-2-4-9-19(22)23/h3,5-8,12,15-16,18,20-21H,2,4,9-11,13H2,1H3,(H,22,23)/b8-3-. The second-order valence-corrected chi connectivity index (χ2v) is 9.30. The van der Waals surface area contributed by atoms with E-state index in [2.05, 4.69) is 10.8 Å². The van der Waals surface area contributed by atoms with Gasteiger partial charge in [-0.25, -0.2) is 13.1 Å². The molecule has 0 aliphatic heterocycles. The predicted molar refractivity (Wildman–Crippen MR) is 100 cm³/mol. The van der Waals surface area contributed by atoms with Gasteiger partial charge in [0.25, 0.3) is 0 Å². The van der Waals surface area contributed by atoms with E-state index in [0.29, 0.717) is 23.2 Å². The number of hydrogen-bond acceptors (Lipinski definition) is 3. The van der Waals surface area contributed by atoms with Gasteiger partial charge < -0.3 is 5.11 Å². The monoisotopic (exact) mass is 377 g/mol. The van der Waals surface area contributed by atoms with Crippen LogP contribution in [0, 0.1) is 24.7 Å². The summed E-state index contributed by atoms with van der Waals surface area (Å²) in [6, 6.07) is 6.94.